The summed E-state index contributed by atoms with van der Waals surface area (Å²) < 4.78 is 0. The maximum atomic E-state index is 10.9. The molecule has 0 spiro atoms. The Morgan fingerprint density at radius 2 is 2.17 bits per heavy atom. The molecule has 2 N–H and O–H groups in total. The number of unbranched alkanes of at least 4 members (excludes halogenated alkanes) is 2. The summed E-state index contributed by atoms with van der Waals surface area (Å²) in [6.07, 6.45) is 3.98. The van der Waals surface area contributed by atoms with Crippen molar-refractivity contribution in [2.24, 2.45) is 0 Å². The first-order chi connectivity index (χ1) is 8.56. The fraction of sp³-hybridized carbons (Fsp3) is 0.500. The molecule has 0 saturated carbocycles. The molecule has 0 aliphatic heterocycles. The zero-order valence-corrected chi connectivity index (χ0v) is 11.0. The van der Waals surface area contributed by atoms with E-state index in [4.69, 9.17) is 21.8 Å². The second-order valence-electron chi connectivity index (χ2n) is 4.03. The van der Waals surface area contributed by atoms with Gasteiger partial charge in [0.15, 0.2) is 0 Å². The molecule has 1 rings (SSSR count). The van der Waals surface area contributed by atoms with E-state index in [2.05, 4.69) is 4.98 Å². The van der Waals surface area contributed by atoms with Gasteiger partial charge in [-0.3, -0.25) is 0 Å². The highest BCUT2D eigenvalue weighted by Gasteiger charge is 2.12. The van der Waals surface area contributed by atoms with Crippen molar-refractivity contribution in [3.05, 3.63) is 22.8 Å². The molecular formula is C12H17ClN2O3. The average molecular weight is 273 g/mol. The number of halogens is 1. The van der Waals surface area contributed by atoms with Crippen LogP contribution in [0.3, 0.4) is 0 Å². The first kappa shape index (κ1) is 14.7. The fourth-order valence-electron chi connectivity index (χ4n) is 1.55. The van der Waals surface area contributed by atoms with Gasteiger partial charge in [-0.1, -0.05) is 11.6 Å². The number of aliphatic hydroxyl groups is 1. The largest absolute Gasteiger partial charge is 0.478 e. The number of hydrogen-bond acceptors (Lipinski definition) is 4. The maximum Gasteiger partial charge on any atom is 0.337 e. The monoisotopic (exact) mass is 272 g/mol. The van der Waals surface area contributed by atoms with Crippen molar-refractivity contribution in [2.45, 2.75) is 19.3 Å². The Hall–Kier alpha value is -1.33. The predicted molar refractivity (Wildman–Crippen MR) is 70.4 cm³/mol. The lowest BCUT2D eigenvalue weighted by molar-refractivity contribution is 0.0697. The van der Waals surface area contributed by atoms with E-state index in [0.29, 0.717) is 5.82 Å². The summed E-state index contributed by atoms with van der Waals surface area (Å²) in [7, 11) is 1.85. The third kappa shape index (κ3) is 4.16. The summed E-state index contributed by atoms with van der Waals surface area (Å²) in [6.45, 7) is 0.958. The van der Waals surface area contributed by atoms with Crippen LogP contribution in [0.5, 0.6) is 0 Å². The van der Waals surface area contributed by atoms with Gasteiger partial charge in [0.05, 0.1) is 10.6 Å². The van der Waals surface area contributed by atoms with Gasteiger partial charge in [-0.2, -0.15) is 0 Å². The number of rotatable bonds is 7. The summed E-state index contributed by atoms with van der Waals surface area (Å²) in [5.74, 6) is -0.474. The van der Waals surface area contributed by atoms with Crippen molar-refractivity contribution in [1.29, 1.82) is 0 Å². The van der Waals surface area contributed by atoms with Gasteiger partial charge < -0.3 is 15.1 Å². The highest BCUT2D eigenvalue weighted by molar-refractivity contribution is 6.33. The minimum absolute atomic E-state index is 0.0591. The fourth-order valence-corrected chi connectivity index (χ4v) is 1.74. The number of aromatic carboxylic acids is 1. The molecule has 5 nitrogen and oxygen atoms in total. The molecule has 0 saturated heterocycles. The van der Waals surface area contributed by atoms with E-state index >= 15 is 0 Å². The standard InChI is InChI=1S/C12H17ClN2O3/c1-15(5-3-2-4-6-16)11-7-9(12(17)18)10(13)8-14-11/h7-8,16H,2-6H2,1H3,(H,17,18). The van der Waals surface area contributed by atoms with Gasteiger partial charge >= 0.3 is 5.97 Å². The minimum atomic E-state index is -1.06. The van der Waals surface area contributed by atoms with E-state index in [1.54, 1.807) is 0 Å². The first-order valence-electron chi connectivity index (χ1n) is 5.77. The van der Waals surface area contributed by atoms with Gasteiger partial charge in [0.1, 0.15) is 5.82 Å². The first-order valence-corrected chi connectivity index (χ1v) is 6.15. The normalized spacial score (nSPS) is 10.4. The topological polar surface area (TPSA) is 73.7 Å². The Morgan fingerprint density at radius 3 is 2.78 bits per heavy atom. The molecule has 100 valence electrons. The molecule has 0 aromatic carbocycles. The lowest BCUT2D eigenvalue weighted by atomic mass is 10.2. The SMILES string of the molecule is CN(CCCCCO)c1cc(C(=O)O)c(Cl)cn1. The van der Waals surface area contributed by atoms with Crippen LogP contribution >= 0.6 is 11.6 Å². The Balaban J connectivity index is 2.65. The number of pyridine rings is 1. The minimum Gasteiger partial charge on any atom is -0.478 e. The lowest BCUT2D eigenvalue weighted by Gasteiger charge is -2.18. The molecule has 0 radical (unpaired) electrons. The summed E-state index contributed by atoms with van der Waals surface area (Å²) in [5.41, 5.74) is 0.0591. The number of hydrogen-bond donors (Lipinski definition) is 2. The molecule has 0 aliphatic rings. The van der Waals surface area contributed by atoms with Crippen molar-refractivity contribution < 1.29 is 15.0 Å². The van der Waals surface area contributed by atoms with Crippen LogP contribution in [0.25, 0.3) is 0 Å². The molecule has 0 amide bonds. The van der Waals surface area contributed by atoms with Crippen LogP contribution in [0.15, 0.2) is 12.3 Å². The van der Waals surface area contributed by atoms with Crippen molar-refractivity contribution >= 4 is 23.4 Å². The van der Waals surface area contributed by atoms with Gasteiger partial charge in [0.25, 0.3) is 0 Å². The molecule has 18 heavy (non-hydrogen) atoms. The van der Waals surface area contributed by atoms with Crippen LogP contribution in [-0.4, -0.2) is 41.4 Å². The second-order valence-corrected chi connectivity index (χ2v) is 4.44. The number of carboxylic acids is 1. The molecule has 1 heterocycles. The molecular weight excluding hydrogens is 256 g/mol. The molecule has 0 unspecified atom stereocenters. The van der Waals surface area contributed by atoms with Crippen LogP contribution in [0, 0.1) is 0 Å². The predicted octanol–water partition coefficient (Wildman–Crippen LogP) is 2.03. The van der Waals surface area contributed by atoms with E-state index in [0.717, 1.165) is 25.8 Å². The van der Waals surface area contributed by atoms with Crippen LogP contribution in [0.4, 0.5) is 5.82 Å². The maximum absolute atomic E-state index is 10.9. The zero-order chi connectivity index (χ0) is 13.5. The average Bonchev–Trinajstić information content (AvgIpc) is 2.34. The van der Waals surface area contributed by atoms with E-state index in [1.165, 1.54) is 12.3 Å². The van der Waals surface area contributed by atoms with Crippen molar-refractivity contribution in [3.63, 3.8) is 0 Å². The highest BCUT2D eigenvalue weighted by Crippen LogP contribution is 2.20. The third-order valence-electron chi connectivity index (χ3n) is 2.61. The Morgan fingerprint density at radius 1 is 1.44 bits per heavy atom. The quantitative estimate of drug-likeness (QED) is 0.743. The van der Waals surface area contributed by atoms with Gasteiger partial charge in [0.2, 0.25) is 0 Å². The molecule has 0 atom stereocenters. The molecule has 0 fully saturated rings. The summed E-state index contributed by atoms with van der Waals surface area (Å²) in [5, 5.41) is 17.8. The molecule has 1 aromatic heterocycles. The third-order valence-corrected chi connectivity index (χ3v) is 2.92. The van der Waals surface area contributed by atoms with Crippen LogP contribution in [0.2, 0.25) is 5.02 Å². The van der Waals surface area contributed by atoms with E-state index in [-0.39, 0.29) is 17.2 Å². The van der Waals surface area contributed by atoms with E-state index in [9.17, 15) is 4.79 Å². The van der Waals surface area contributed by atoms with Gasteiger partial charge in [-0.25, -0.2) is 9.78 Å². The van der Waals surface area contributed by atoms with Crippen molar-refractivity contribution in [3.8, 4) is 0 Å². The lowest BCUT2D eigenvalue weighted by Crippen LogP contribution is -2.20. The smallest absolute Gasteiger partial charge is 0.337 e. The summed E-state index contributed by atoms with van der Waals surface area (Å²) >= 11 is 5.75. The van der Waals surface area contributed by atoms with Crippen LogP contribution < -0.4 is 4.90 Å². The van der Waals surface area contributed by atoms with Gasteiger partial charge in [-0.15, -0.1) is 0 Å². The highest BCUT2D eigenvalue weighted by atomic mass is 35.5. The molecule has 1 aromatic rings. The van der Waals surface area contributed by atoms with E-state index < -0.39 is 5.97 Å². The number of nitrogens with zero attached hydrogens (tertiary/aromatic N) is 2. The molecule has 0 aliphatic carbocycles. The summed E-state index contributed by atoms with van der Waals surface area (Å²) in [4.78, 5) is 16.9. The number of aromatic nitrogens is 1. The Labute approximate surface area is 111 Å². The number of aliphatic hydroxyl groups excluding tert-OH is 1. The van der Waals surface area contributed by atoms with Crippen molar-refractivity contribution in [2.75, 3.05) is 25.1 Å². The van der Waals surface area contributed by atoms with Crippen molar-refractivity contribution in [1.82, 2.24) is 4.98 Å². The Bertz CT molecular complexity index is 412. The van der Waals surface area contributed by atoms with Gasteiger partial charge in [-0.05, 0) is 25.3 Å². The summed E-state index contributed by atoms with van der Waals surface area (Å²) in [6, 6.07) is 1.47. The molecule has 6 heteroatoms. The number of carboxylic acid groups (broad SMARTS) is 1. The van der Waals surface area contributed by atoms with E-state index in [1.807, 2.05) is 11.9 Å². The van der Waals surface area contributed by atoms with Gasteiger partial charge in [0, 0.05) is 26.4 Å². The second kappa shape index (κ2) is 7.18. The number of anilines is 1. The molecule has 0 bridgehead atoms. The zero-order valence-electron chi connectivity index (χ0n) is 10.3. The Kier molecular flexibility index (Phi) is 5.88. The number of carbonyl (C=O) groups is 1. The van der Waals surface area contributed by atoms with Crippen LogP contribution in [0.1, 0.15) is 29.6 Å². The van der Waals surface area contributed by atoms with Crippen LogP contribution in [-0.2, 0) is 0 Å².